The van der Waals surface area contributed by atoms with E-state index < -0.39 is 0 Å². The minimum atomic E-state index is 0.155. The lowest BCUT2D eigenvalue weighted by atomic mass is 9.84. The molecule has 0 radical (unpaired) electrons. The van der Waals surface area contributed by atoms with E-state index in [9.17, 15) is 0 Å². The molecule has 1 aromatic heterocycles. The first-order chi connectivity index (χ1) is 8.76. The van der Waals surface area contributed by atoms with Gasteiger partial charge in [0.1, 0.15) is 0 Å². The van der Waals surface area contributed by atoms with Crippen LogP contribution >= 0.6 is 0 Å². The van der Waals surface area contributed by atoms with Gasteiger partial charge in [-0.25, -0.2) is 0 Å². The second-order valence-electron chi connectivity index (χ2n) is 5.97. The summed E-state index contributed by atoms with van der Waals surface area (Å²) in [6.07, 6.45) is 10.5. The maximum absolute atomic E-state index is 5.70. The molecule has 3 N–H and O–H groups in total. The summed E-state index contributed by atoms with van der Waals surface area (Å²) in [5.41, 5.74) is 4.85. The molecule has 0 amide bonds. The molecule has 2 bridgehead atoms. The average molecular weight is 246 g/mol. The summed E-state index contributed by atoms with van der Waals surface area (Å²) in [4.78, 5) is 8.76. The van der Waals surface area contributed by atoms with Crippen LogP contribution in [0.5, 0.6) is 0 Å². The summed E-state index contributed by atoms with van der Waals surface area (Å²) < 4.78 is 0. The zero-order valence-corrected chi connectivity index (χ0v) is 11.0. The van der Waals surface area contributed by atoms with E-state index in [1.54, 1.807) is 0 Å². The van der Waals surface area contributed by atoms with Crippen molar-refractivity contribution in [3.8, 4) is 0 Å². The van der Waals surface area contributed by atoms with Crippen LogP contribution in [-0.4, -0.2) is 9.97 Å². The van der Waals surface area contributed by atoms with Crippen LogP contribution in [0.2, 0.25) is 0 Å². The van der Waals surface area contributed by atoms with Gasteiger partial charge in [-0.15, -0.1) is 0 Å². The number of hydrogen-bond acceptors (Lipinski definition) is 4. The highest BCUT2D eigenvalue weighted by Gasteiger charge is 2.40. The lowest BCUT2D eigenvalue weighted by Gasteiger charge is -2.25. The van der Waals surface area contributed by atoms with Crippen molar-refractivity contribution in [3.63, 3.8) is 0 Å². The Balaban J connectivity index is 1.67. The molecular formula is C14H22N4. The molecule has 4 nitrogen and oxygen atoms in total. The molecule has 4 atom stereocenters. The summed E-state index contributed by atoms with van der Waals surface area (Å²) in [5, 5.41) is 0. The Morgan fingerprint density at radius 1 is 1.33 bits per heavy atom. The zero-order chi connectivity index (χ0) is 12.5. The highest BCUT2D eigenvalue weighted by molar-refractivity contribution is 5.06. The van der Waals surface area contributed by atoms with Crippen molar-refractivity contribution < 1.29 is 0 Å². The first-order valence-electron chi connectivity index (χ1n) is 7.01. The van der Waals surface area contributed by atoms with E-state index in [1.807, 2.05) is 19.3 Å². The summed E-state index contributed by atoms with van der Waals surface area (Å²) in [5.74, 6) is 8.45. The molecule has 2 fully saturated rings. The van der Waals surface area contributed by atoms with Crippen LogP contribution in [0.25, 0.3) is 0 Å². The Hall–Kier alpha value is -1.00. The number of hydrogen-bond donors (Lipinski definition) is 2. The Morgan fingerprint density at radius 3 is 2.78 bits per heavy atom. The fourth-order valence-electron chi connectivity index (χ4n) is 3.82. The summed E-state index contributed by atoms with van der Waals surface area (Å²) in [6, 6.07) is 0.155. The average Bonchev–Trinajstić information content (AvgIpc) is 2.99. The molecule has 1 heterocycles. The van der Waals surface area contributed by atoms with Crippen molar-refractivity contribution in [1.82, 2.24) is 15.4 Å². The number of fused-ring (bicyclic) bond motifs is 2. The molecule has 3 rings (SSSR count). The fraction of sp³-hybridized carbons (Fsp3) is 0.714. The monoisotopic (exact) mass is 246 g/mol. The number of nitrogens with zero attached hydrogens (tertiary/aromatic N) is 2. The molecule has 2 aliphatic rings. The van der Waals surface area contributed by atoms with Crippen LogP contribution in [0.3, 0.4) is 0 Å². The summed E-state index contributed by atoms with van der Waals surface area (Å²) in [6.45, 7) is 1.96. The molecule has 0 spiro atoms. The quantitative estimate of drug-likeness (QED) is 0.631. The van der Waals surface area contributed by atoms with E-state index in [0.717, 1.165) is 35.6 Å². The standard InChI is InChI=1S/C14H22N4/c1-9-7-17-14(8-16-9)13(18-15)6-12-5-10-2-3-11(12)4-10/h7-8,10-13,18H,2-6,15H2,1H3. The van der Waals surface area contributed by atoms with Gasteiger partial charge in [-0.3, -0.25) is 21.2 Å². The van der Waals surface area contributed by atoms with Crippen molar-refractivity contribution in [2.75, 3.05) is 0 Å². The van der Waals surface area contributed by atoms with Crippen molar-refractivity contribution in [3.05, 3.63) is 23.8 Å². The van der Waals surface area contributed by atoms with Gasteiger partial charge < -0.3 is 0 Å². The van der Waals surface area contributed by atoms with Crippen molar-refractivity contribution in [1.29, 1.82) is 0 Å². The molecule has 4 unspecified atom stereocenters. The maximum Gasteiger partial charge on any atom is 0.0769 e. The largest absolute Gasteiger partial charge is 0.271 e. The van der Waals surface area contributed by atoms with Gasteiger partial charge in [-0.2, -0.15) is 0 Å². The molecule has 2 saturated carbocycles. The van der Waals surface area contributed by atoms with Crippen LogP contribution in [0, 0.1) is 24.7 Å². The van der Waals surface area contributed by atoms with E-state index in [1.165, 1.54) is 25.7 Å². The first-order valence-corrected chi connectivity index (χ1v) is 7.01. The number of nitrogens with one attached hydrogen (secondary N) is 1. The normalized spacial score (nSPS) is 31.8. The first kappa shape index (κ1) is 12.1. The van der Waals surface area contributed by atoms with Gasteiger partial charge in [-0.1, -0.05) is 6.42 Å². The highest BCUT2D eigenvalue weighted by atomic mass is 15.2. The maximum atomic E-state index is 5.70. The number of hydrazine groups is 1. The Labute approximate surface area is 108 Å². The second-order valence-corrected chi connectivity index (χ2v) is 5.97. The second kappa shape index (κ2) is 4.94. The van der Waals surface area contributed by atoms with Crippen molar-refractivity contribution >= 4 is 0 Å². The van der Waals surface area contributed by atoms with Gasteiger partial charge in [-0.05, 0) is 50.4 Å². The Morgan fingerprint density at radius 2 is 2.22 bits per heavy atom. The molecular weight excluding hydrogens is 224 g/mol. The Bertz CT molecular complexity index is 403. The molecule has 18 heavy (non-hydrogen) atoms. The predicted octanol–water partition coefficient (Wildman–Crippen LogP) is 2.12. The van der Waals surface area contributed by atoms with E-state index in [0.29, 0.717) is 0 Å². The number of aryl methyl sites for hydroxylation is 1. The number of rotatable bonds is 4. The van der Waals surface area contributed by atoms with Crippen molar-refractivity contribution in [2.45, 2.75) is 45.1 Å². The molecule has 1 aromatic rings. The minimum Gasteiger partial charge on any atom is -0.271 e. The van der Waals surface area contributed by atoms with Crippen molar-refractivity contribution in [2.24, 2.45) is 23.6 Å². The summed E-state index contributed by atoms with van der Waals surface area (Å²) >= 11 is 0. The van der Waals surface area contributed by atoms with E-state index in [2.05, 4.69) is 15.4 Å². The lowest BCUT2D eigenvalue weighted by molar-refractivity contribution is 0.278. The topological polar surface area (TPSA) is 63.8 Å². The van der Waals surface area contributed by atoms with Crippen LogP contribution < -0.4 is 11.3 Å². The van der Waals surface area contributed by atoms with E-state index >= 15 is 0 Å². The predicted molar refractivity (Wildman–Crippen MR) is 70.4 cm³/mol. The van der Waals surface area contributed by atoms with Gasteiger partial charge in [0.15, 0.2) is 0 Å². The smallest absolute Gasteiger partial charge is 0.0769 e. The molecule has 0 aliphatic heterocycles. The van der Waals surface area contributed by atoms with Crippen LogP contribution in [0.15, 0.2) is 12.4 Å². The molecule has 98 valence electrons. The lowest BCUT2D eigenvalue weighted by Crippen LogP contribution is -2.31. The third-order valence-electron chi connectivity index (χ3n) is 4.78. The number of aromatic nitrogens is 2. The SMILES string of the molecule is Cc1cnc(C(CC2CC3CCC2C3)NN)cn1. The molecule has 2 aliphatic carbocycles. The van der Waals surface area contributed by atoms with Crippen LogP contribution in [0.1, 0.15) is 49.5 Å². The fourth-order valence-corrected chi connectivity index (χ4v) is 3.82. The van der Waals surface area contributed by atoms with Gasteiger partial charge in [0.05, 0.1) is 23.6 Å². The highest BCUT2D eigenvalue weighted by Crippen LogP contribution is 2.50. The van der Waals surface area contributed by atoms with Gasteiger partial charge in [0.25, 0.3) is 0 Å². The Kier molecular flexibility index (Phi) is 3.31. The minimum absolute atomic E-state index is 0.155. The van der Waals surface area contributed by atoms with Gasteiger partial charge in [0, 0.05) is 6.20 Å². The van der Waals surface area contributed by atoms with Crippen LogP contribution in [0.4, 0.5) is 0 Å². The van der Waals surface area contributed by atoms with E-state index in [4.69, 9.17) is 5.84 Å². The summed E-state index contributed by atoms with van der Waals surface area (Å²) in [7, 11) is 0. The molecule has 4 heteroatoms. The van der Waals surface area contributed by atoms with Gasteiger partial charge >= 0.3 is 0 Å². The molecule has 0 aromatic carbocycles. The van der Waals surface area contributed by atoms with E-state index in [-0.39, 0.29) is 6.04 Å². The third-order valence-corrected chi connectivity index (χ3v) is 4.78. The third kappa shape index (κ3) is 2.27. The van der Waals surface area contributed by atoms with Crippen LogP contribution in [-0.2, 0) is 0 Å². The number of nitrogens with two attached hydrogens (primary N) is 1. The zero-order valence-electron chi connectivity index (χ0n) is 11.0. The molecule has 0 saturated heterocycles. The van der Waals surface area contributed by atoms with Gasteiger partial charge in [0.2, 0.25) is 0 Å².